The average Bonchev–Trinajstić information content (AvgIpc) is 2.94. The van der Waals surface area contributed by atoms with Gasteiger partial charge in [-0.15, -0.1) is 0 Å². The minimum atomic E-state index is -0.532. The molecule has 0 atom stereocenters. The molecule has 0 aliphatic carbocycles. The van der Waals surface area contributed by atoms with E-state index in [2.05, 4.69) is 10.1 Å². The van der Waals surface area contributed by atoms with Crippen molar-refractivity contribution in [3.8, 4) is 22.8 Å². The van der Waals surface area contributed by atoms with E-state index in [9.17, 15) is 8.78 Å². The van der Waals surface area contributed by atoms with Gasteiger partial charge in [0.1, 0.15) is 11.6 Å². The van der Waals surface area contributed by atoms with Crippen molar-refractivity contribution in [2.45, 2.75) is 0 Å². The van der Waals surface area contributed by atoms with Gasteiger partial charge in [0.15, 0.2) is 0 Å². The molecule has 0 radical (unpaired) electrons. The van der Waals surface area contributed by atoms with E-state index < -0.39 is 11.6 Å². The van der Waals surface area contributed by atoms with Crippen LogP contribution in [0.2, 0.25) is 5.02 Å². The maximum atomic E-state index is 13.1. The Balaban J connectivity index is 1.99. The monoisotopic (exact) mass is 307 g/mol. The van der Waals surface area contributed by atoms with Gasteiger partial charge < -0.3 is 10.3 Å². The lowest BCUT2D eigenvalue weighted by atomic mass is 10.2. The number of anilines is 1. The van der Waals surface area contributed by atoms with Crippen LogP contribution in [-0.2, 0) is 0 Å². The summed E-state index contributed by atoms with van der Waals surface area (Å²) in [4.78, 5) is 4.16. The molecule has 4 nitrogen and oxygen atoms in total. The molecule has 106 valence electrons. The van der Waals surface area contributed by atoms with Gasteiger partial charge in [-0.25, -0.2) is 8.78 Å². The van der Waals surface area contributed by atoms with Gasteiger partial charge in [0.05, 0.1) is 10.7 Å². The van der Waals surface area contributed by atoms with Gasteiger partial charge in [-0.2, -0.15) is 4.98 Å². The Morgan fingerprint density at radius 1 is 1.00 bits per heavy atom. The molecule has 3 rings (SSSR count). The van der Waals surface area contributed by atoms with E-state index in [1.165, 1.54) is 36.4 Å². The molecule has 1 heterocycles. The van der Waals surface area contributed by atoms with Gasteiger partial charge in [0, 0.05) is 11.1 Å². The average molecular weight is 308 g/mol. The van der Waals surface area contributed by atoms with Crippen LogP contribution in [0.3, 0.4) is 0 Å². The Bertz CT molecular complexity index is 754. The van der Waals surface area contributed by atoms with Gasteiger partial charge in [-0.3, -0.25) is 0 Å². The van der Waals surface area contributed by atoms with E-state index in [1.807, 2.05) is 0 Å². The topological polar surface area (TPSA) is 64.9 Å². The molecule has 0 unspecified atom stereocenters. The molecule has 2 N–H and O–H groups in total. The van der Waals surface area contributed by atoms with Crippen LogP contribution in [0.1, 0.15) is 0 Å². The number of aromatic nitrogens is 2. The van der Waals surface area contributed by atoms with Crippen molar-refractivity contribution in [2.75, 3.05) is 5.73 Å². The highest BCUT2D eigenvalue weighted by atomic mass is 35.5. The Morgan fingerprint density at radius 2 is 1.71 bits per heavy atom. The van der Waals surface area contributed by atoms with E-state index in [-0.39, 0.29) is 22.4 Å². The molecule has 0 fully saturated rings. The Hall–Kier alpha value is -2.47. The van der Waals surface area contributed by atoms with Crippen LogP contribution in [0, 0.1) is 11.6 Å². The van der Waals surface area contributed by atoms with Gasteiger partial charge >= 0.3 is 0 Å². The summed E-state index contributed by atoms with van der Waals surface area (Å²) in [6.07, 6.45) is 0. The number of nitrogens with two attached hydrogens (primary N) is 1. The van der Waals surface area contributed by atoms with Crippen molar-refractivity contribution in [3.63, 3.8) is 0 Å². The lowest BCUT2D eigenvalue weighted by Gasteiger charge is -1.98. The smallest absolute Gasteiger partial charge is 0.258 e. The Morgan fingerprint density at radius 3 is 2.43 bits per heavy atom. The summed E-state index contributed by atoms with van der Waals surface area (Å²) in [5.41, 5.74) is 6.46. The van der Waals surface area contributed by atoms with E-state index in [4.69, 9.17) is 21.9 Å². The van der Waals surface area contributed by atoms with Crippen molar-refractivity contribution in [3.05, 3.63) is 53.1 Å². The van der Waals surface area contributed by atoms with Crippen LogP contribution in [-0.4, -0.2) is 10.1 Å². The fourth-order valence-corrected chi connectivity index (χ4v) is 1.95. The minimum absolute atomic E-state index is 0.0166. The summed E-state index contributed by atoms with van der Waals surface area (Å²) in [6.45, 7) is 0. The molecule has 0 amide bonds. The fraction of sp³-hybridized carbons (Fsp3) is 0. The molecule has 3 aromatic rings. The highest BCUT2D eigenvalue weighted by Gasteiger charge is 2.13. The summed E-state index contributed by atoms with van der Waals surface area (Å²) in [5.74, 6) is -0.633. The molecule has 0 spiro atoms. The van der Waals surface area contributed by atoms with Gasteiger partial charge in [0.2, 0.25) is 5.82 Å². The molecule has 0 saturated heterocycles. The van der Waals surface area contributed by atoms with Crippen LogP contribution < -0.4 is 5.73 Å². The summed E-state index contributed by atoms with van der Waals surface area (Å²) >= 11 is 5.71. The number of halogens is 3. The van der Waals surface area contributed by atoms with Crippen molar-refractivity contribution in [1.29, 1.82) is 0 Å². The van der Waals surface area contributed by atoms with Crippen LogP contribution in [0.4, 0.5) is 14.5 Å². The first kappa shape index (κ1) is 13.5. The highest BCUT2D eigenvalue weighted by molar-refractivity contribution is 6.31. The van der Waals surface area contributed by atoms with Crippen LogP contribution >= 0.6 is 11.6 Å². The van der Waals surface area contributed by atoms with E-state index in [0.717, 1.165) is 0 Å². The first-order valence-electron chi connectivity index (χ1n) is 5.89. The second-order valence-corrected chi connectivity index (χ2v) is 4.70. The summed E-state index contributed by atoms with van der Waals surface area (Å²) in [5, 5.41) is 3.75. The molecular weight excluding hydrogens is 300 g/mol. The third-order valence-corrected chi connectivity index (χ3v) is 3.14. The maximum Gasteiger partial charge on any atom is 0.258 e. The first-order chi connectivity index (χ1) is 10.0. The number of hydrogen-bond donors (Lipinski definition) is 1. The summed E-state index contributed by atoms with van der Waals surface area (Å²) < 4.78 is 31.3. The van der Waals surface area contributed by atoms with Crippen molar-refractivity contribution >= 4 is 17.3 Å². The zero-order chi connectivity index (χ0) is 15.0. The van der Waals surface area contributed by atoms with Crippen molar-refractivity contribution < 1.29 is 13.3 Å². The number of benzene rings is 2. The Kier molecular flexibility index (Phi) is 3.31. The standard InChI is InChI=1S/C14H8ClF2N3O/c15-9-5-7(1-3-10(9)16)13-19-14(21-20-13)8-2-4-11(17)12(18)6-8/h1-6H,18H2. The predicted molar refractivity (Wildman–Crippen MR) is 74.5 cm³/mol. The molecule has 21 heavy (non-hydrogen) atoms. The quantitative estimate of drug-likeness (QED) is 0.729. The molecule has 7 heteroatoms. The molecule has 0 aliphatic heterocycles. The molecule has 2 aromatic carbocycles. The lowest BCUT2D eigenvalue weighted by Crippen LogP contribution is -1.90. The number of hydrogen-bond acceptors (Lipinski definition) is 4. The van der Waals surface area contributed by atoms with Crippen molar-refractivity contribution in [2.24, 2.45) is 0 Å². The molecular formula is C14H8ClF2N3O. The summed E-state index contributed by atoms with van der Waals surface area (Å²) in [6, 6.07) is 8.16. The highest BCUT2D eigenvalue weighted by Crippen LogP contribution is 2.26. The second kappa shape index (κ2) is 5.14. The SMILES string of the molecule is Nc1cc(-c2nc(-c3ccc(F)c(Cl)c3)no2)ccc1F. The van der Waals surface area contributed by atoms with Gasteiger partial charge in [-0.1, -0.05) is 16.8 Å². The lowest BCUT2D eigenvalue weighted by molar-refractivity contribution is 0.432. The number of rotatable bonds is 2. The third-order valence-electron chi connectivity index (χ3n) is 2.85. The second-order valence-electron chi connectivity index (χ2n) is 4.29. The van der Waals surface area contributed by atoms with Crippen LogP contribution in [0.15, 0.2) is 40.9 Å². The summed E-state index contributed by atoms with van der Waals surface area (Å²) in [7, 11) is 0. The zero-order valence-electron chi connectivity index (χ0n) is 10.5. The maximum absolute atomic E-state index is 13.1. The van der Waals surface area contributed by atoms with Gasteiger partial charge in [-0.05, 0) is 36.4 Å². The van der Waals surface area contributed by atoms with Crippen molar-refractivity contribution in [1.82, 2.24) is 10.1 Å². The van der Waals surface area contributed by atoms with E-state index in [0.29, 0.717) is 11.1 Å². The zero-order valence-corrected chi connectivity index (χ0v) is 11.2. The minimum Gasteiger partial charge on any atom is -0.396 e. The molecule has 0 saturated carbocycles. The molecule has 1 aromatic heterocycles. The Labute approximate surface area is 123 Å². The van der Waals surface area contributed by atoms with Gasteiger partial charge in [0.25, 0.3) is 5.89 Å². The predicted octanol–water partition coefficient (Wildman–Crippen LogP) is 3.92. The van der Waals surface area contributed by atoms with E-state index in [1.54, 1.807) is 0 Å². The van der Waals surface area contributed by atoms with E-state index >= 15 is 0 Å². The molecule has 0 aliphatic rings. The fourth-order valence-electron chi connectivity index (χ4n) is 1.77. The van der Waals surface area contributed by atoms with Crippen LogP contribution in [0.5, 0.6) is 0 Å². The number of nitrogens with zero attached hydrogens (tertiary/aromatic N) is 2. The van der Waals surface area contributed by atoms with Crippen LogP contribution in [0.25, 0.3) is 22.8 Å². The number of nitrogen functional groups attached to an aromatic ring is 1. The molecule has 0 bridgehead atoms. The third kappa shape index (κ3) is 2.57. The first-order valence-corrected chi connectivity index (χ1v) is 6.27. The largest absolute Gasteiger partial charge is 0.396 e. The normalized spacial score (nSPS) is 10.8.